The smallest absolute Gasteiger partial charge is 0.0811 e. The highest BCUT2D eigenvalue weighted by atomic mass is 16.5. The highest BCUT2D eigenvalue weighted by molar-refractivity contribution is 4.98. The number of hydrogen-bond donors (Lipinski definition) is 3. The molecule has 0 amide bonds. The lowest BCUT2D eigenvalue weighted by molar-refractivity contribution is -0.112. The predicted octanol–water partition coefficient (Wildman–Crippen LogP) is -0.548. The van der Waals surface area contributed by atoms with Crippen LogP contribution in [0, 0.1) is 5.41 Å². The fourth-order valence-corrected chi connectivity index (χ4v) is 1.94. The van der Waals surface area contributed by atoms with Gasteiger partial charge in [-0.3, -0.25) is 0 Å². The summed E-state index contributed by atoms with van der Waals surface area (Å²) < 4.78 is 5.26. The van der Waals surface area contributed by atoms with Crippen molar-refractivity contribution in [2.45, 2.75) is 25.4 Å². The lowest BCUT2D eigenvalue weighted by Crippen LogP contribution is -2.57. The van der Waals surface area contributed by atoms with Gasteiger partial charge in [-0.05, 0) is 19.8 Å². The Morgan fingerprint density at radius 1 is 1.38 bits per heavy atom. The van der Waals surface area contributed by atoms with Gasteiger partial charge in [-0.1, -0.05) is 0 Å². The summed E-state index contributed by atoms with van der Waals surface area (Å²) in [6.45, 7) is 3.84. The molecule has 1 heterocycles. The Balaban J connectivity index is 2.78. The van der Waals surface area contributed by atoms with E-state index in [1.807, 2.05) is 0 Å². The number of rotatable bonds is 3. The summed E-state index contributed by atoms with van der Waals surface area (Å²) in [7, 11) is 0. The monoisotopic (exact) mass is 188 g/mol. The molecule has 0 aromatic rings. The second-order valence-electron chi connectivity index (χ2n) is 4.07. The maximum absolute atomic E-state index is 10.1. The molecule has 1 fully saturated rings. The van der Waals surface area contributed by atoms with Crippen LogP contribution in [0.25, 0.3) is 0 Å². The predicted molar refractivity (Wildman–Crippen MR) is 51.2 cm³/mol. The average molecular weight is 188 g/mol. The number of hydrogen-bond acceptors (Lipinski definition) is 4. The fraction of sp³-hybridized carbons (Fsp3) is 1.00. The zero-order valence-corrected chi connectivity index (χ0v) is 8.25. The fourth-order valence-electron chi connectivity index (χ4n) is 1.94. The minimum atomic E-state index is -0.870. The van der Waals surface area contributed by atoms with Crippen LogP contribution in [0.5, 0.6) is 0 Å². The van der Waals surface area contributed by atoms with Crippen LogP contribution in [-0.2, 0) is 4.74 Å². The first kappa shape index (κ1) is 10.9. The van der Waals surface area contributed by atoms with Crippen LogP contribution in [0.2, 0.25) is 0 Å². The Bertz CT molecular complexity index is 165. The van der Waals surface area contributed by atoms with Crippen LogP contribution in [0.4, 0.5) is 0 Å². The molecule has 78 valence electrons. The van der Waals surface area contributed by atoms with E-state index < -0.39 is 5.60 Å². The Hall–Kier alpha value is -0.160. The van der Waals surface area contributed by atoms with Gasteiger partial charge in [0.1, 0.15) is 0 Å². The molecule has 0 aromatic carbocycles. The van der Waals surface area contributed by atoms with E-state index in [0.29, 0.717) is 19.8 Å². The number of nitrogens with two attached hydrogens (primary N) is 2. The zero-order chi connectivity index (χ0) is 9.95. The summed E-state index contributed by atoms with van der Waals surface area (Å²) >= 11 is 0. The molecule has 4 heteroatoms. The Kier molecular flexibility index (Phi) is 3.29. The lowest BCUT2D eigenvalue weighted by atomic mass is 9.67. The highest BCUT2D eigenvalue weighted by Gasteiger charge is 2.45. The van der Waals surface area contributed by atoms with Gasteiger partial charge in [-0.15, -0.1) is 0 Å². The van der Waals surface area contributed by atoms with Crippen LogP contribution in [0.15, 0.2) is 0 Å². The summed E-state index contributed by atoms with van der Waals surface area (Å²) in [5.41, 5.74) is 10.2. The molecule has 5 N–H and O–H groups in total. The molecule has 1 aliphatic rings. The van der Waals surface area contributed by atoms with Crippen molar-refractivity contribution in [1.82, 2.24) is 0 Å². The molecule has 0 radical (unpaired) electrons. The van der Waals surface area contributed by atoms with E-state index in [1.165, 1.54) is 0 Å². The van der Waals surface area contributed by atoms with Gasteiger partial charge in [0.05, 0.1) is 5.60 Å². The maximum atomic E-state index is 10.1. The third kappa shape index (κ3) is 1.86. The highest BCUT2D eigenvalue weighted by Crippen LogP contribution is 2.39. The van der Waals surface area contributed by atoms with Crippen molar-refractivity contribution in [2.24, 2.45) is 16.9 Å². The van der Waals surface area contributed by atoms with Crippen LogP contribution in [-0.4, -0.2) is 37.0 Å². The van der Waals surface area contributed by atoms with E-state index in [0.717, 1.165) is 12.8 Å². The standard InChI is InChI=1S/C9H20N2O2/c1-8(12,6-10)9(7-11)2-4-13-5-3-9/h12H,2-7,10-11H2,1H3. The minimum Gasteiger partial charge on any atom is -0.388 e. The van der Waals surface area contributed by atoms with Gasteiger partial charge in [0, 0.05) is 31.7 Å². The normalized spacial score (nSPS) is 26.8. The van der Waals surface area contributed by atoms with Gasteiger partial charge < -0.3 is 21.3 Å². The number of aliphatic hydroxyl groups is 1. The van der Waals surface area contributed by atoms with E-state index in [1.54, 1.807) is 6.92 Å². The van der Waals surface area contributed by atoms with Crippen LogP contribution < -0.4 is 11.5 Å². The van der Waals surface area contributed by atoms with Gasteiger partial charge in [0.25, 0.3) is 0 Å². The molecule has 4 nitrogen and oxygen atoms in total. The van der Waals surface area contributed by atoms with Crippen molar-refractivity contribution in [3.63, 3.8) is 0 Å². The molecule has 1 unspecified atom stereocenters. The van der Waals surface area contributed by atoms with Crippen LogP contribution in [0.3, 0.4) is 0 Å². The quantitative estimate of drug-likeness (QED) is 0.555. The molecular formula is C9H20N2O2. The Morgan fingerprint density at radius 2 is 1.92 bits per heavy atom. The lowest BCUT2D eigenvalue weighted by Gasteiger charge is -2.46. The largest absolute Gasteiger partial charge is 0.388 e. The van der Waals surface area contributed by atoms with Crippen molar-refractivity contribution >= 4 is 0 Å². The maximum Gasteiger partial charge on any atom is 0.0811 e. The molecule has 1 aliphatic heterocycles. The van der Waals surface area contributed by atoms with E-state index in [9.17, 15) is 5.11 Å². The SMILES string of the molecule is CC(O)(CN)C1(CN)CCOCC1. The Morgan fingerprint density at radius 3 is 2.31 bits per heavy atom. The van der Waals surface area contributed by atoms with Gasteiger partial charge in [0.15, 0.2) is 0 Å². The third-order valence-electron chi connectivity index (χ3n) is 3.38. The molecule has 0 bridgehead atoms. The Labute approximate surface area is 79.2 Å². The molecule has 1 atom stereocenters. The van der Waals surface area contributed by atoms with Gasteiger partial charge in [-0.25, -0.2) is 0 Å². The van der Waals surface area contributed by atoms with Crippen LogP contribution >= 0.6 is 0 Å². The van der Waals surface area contributed by atoms with E-state index in [-0.39, 0.29) is 12.0 Å². The minimum absolute atomic E-state index is 0.250. The zero-order valence-electron chi connectivity index (χ0n) is 8.25. The third-order valence-corrected chi connectivity index (χ3v) is 3.38. The van der Waals surface area contributed by atoms with Gasteiger partial charge >= 0.3 is 0 Å². The first-order valence-electron chi connectivity index (χ1n) is 4.78. The van der Waals surface area contributed by atoms with Crippen molar-refractivity contribution in [3.05, 3.63) is 0 Å². The molecule has 0 saturated carbocycles. The molecule has 1 saturated heterocycles. The summed E-state index contributed by atoms with van der Waals surface area (Å²) in [4.78, 5) is 0. The average Bonchev–Trinajstić information content (AvgIpc) is 2.18. The van der Waals surface area contributed by atoms with Gasteiger partial charge in [-0.2, -0.15) is 0 Å². The number of ether oxygens (including phenoxy) is 1. The summed E-state index contributed by atoms with van der Waals surface area (Å²) in [6, 6.07) is 0. The first-order chi connectivity index (χ1) is 6.08. The second kappa shape index (κ2) is 3.92. The van der Waals surface area contributed by atoms with Crippen LogP contribution in [0.1, 0.15) is 19.8 Å². The van der Waals surface area contributed by atoms with Crippen molar-refractivity contribution in [2.75, 3.05) is 26.3 Å². The van der Waals surface area contributed by atoms with E-state index in [2.05, 4.69) is 0 Å². The van der Waals surface area contributed by atoms with Crippen molar-refractivity contribution < 1.29 is 9.84 Å². The molecule has 0 spiro atoms. The second-order valence-corrected chi connectivity index (χ2v) is 4.07. The topological polar surface area (TPSA) is 81.5 Å². The molecule has 0 aliphatic carbocycles. The van der Waals surface area contributed by atoms with Crippen molar-refractivity contribution in [3.8, 4) is 0 Å². The summed E-state index contributed by atoms with van der Waals surface area (Å²) in [5, 5.41) is 10.1. The molecular weight excluding hydrogens is 168 g/mol. The summed E-state index contributed by atoms with van der Waals surface area (Å²) in [5.74, 6) is 0. The van der Waals surface area contributed by atoms with E-state index in [4.69, 9.17) is 16.2 Å². The molecule has 1 rings (SSSR count). The molecule has 13 heavy (non-hydrogen) atoms. The first-order valence-corrected chi connectivity index (χ1v) is 4.78. The molecule has 0 aromatic heterocycles. The van der Waals surface area contributed by atoms with Gasteiger partial charge in [0.2, 0.25) is 0 Å². The summed E-state index contributed by atoms with van der Waals surface area (Å²) in [6.07, 6.45) is 1.60. The van der Waals surface area contributed by atoms with Crippen molar-refractivity contribution in [1.29, 1.82) is 0 Å². The van der Waals surface area contributed by atoms with E-state index >= 15 is 0 Å².